The van der Waals surface area contributed by atoms with E-state index in [2.05, 4.69) is 57.3 Å². The lowest BCUT2D eigenvalue weighted by molar-refractivity contribution is 0.159. The number of benzene rings is 1. The van der Waals surface area contributed by atoms with E-state index in [-0.39, 0.29) is 0 Å². The zero-order valence-electron chi connectivity index (χ0n) is 15.6. The molecule has 1 atom stereocenters. The Morgan fingerprint density at radius 1 is 0.889 bits per heavy atom. The molecule has 4 nitrogen and oxygen atoms in total. The van der Waals surface area contributed by atoms with Gasteiger partial charge in [-0.05, 0) is 47.7 Å². The van der Waals surface area contributed by atoms with Crippen LogP contribution in [0.1, 0.15) is 34.5 Å². The molecule has 3 aromatic rings. The summed E-state index contributed by atoms with van der Waals surface area (Å²) >= 11 is 0. The van der Waals surface area contributed by atoms with Gasteiger partial charge in [0.05, 0.1) is 5.69 Å². The van der Waals surface area contributed by atoms with Crippen molar-refractivity contribution in [2.75, 3.05) is 0 Å². The van der Waals surface area contributed by atoms with E-state index in [1.54, 1.807) is 0 Å². The molecule has 0 saturated carbocycles. The maximum absolute atomic E-state index is 5.74. The predicted octanol–water partition coefficient (Wildman–Crippen LogP) is 3.50. The van der Waals surface area contributed by atoms with Crippen molar-refractivity contribution in [2.45, 2.75) is 44.9 Å². The number of nitrogens with zero attached hydrogens (tertiary/aromatic N) is 3. The average molecular weight is 358 g/mol. The molecule has 0 fully saturated rings. The minimum Gasteiger partial charge on any atom is -0.326 e. The van der Waals surface area contributed by atoms with Crippen LogP contribution in [0.3, 0.4) is 0 Å². The lowest BCUT2D eigenvalue weighted by atomic mass is 9.90. The number of hydrogen-bond acceptors (Lipinski definition) is 4. The first kappa shape index (κ1) is 17.8. The SMILES string of the molecule is NCc1ccc(CN(Cc2ccccn2)C2CCc3cccnc3C2)cc1. The molecule has 2 heterocycles. The number of aromatic nitrogens is 2. The minimum atomic E-state index is 0.476. The Labute approximate surface area is 161 Å². The van der Waals surface area contributed by atoms with Gasteiger partial charge in [-0.1, -0.05) is 36.4 Å². The highest BCUT2D eigenvalue weighted by atomic mass is 15.2. The van der Waals surface area contributed by atoms with E-state index in [9.17, 15) is 0 Å². The van der Waals surface area contributed by atoms with E-state index >= 15 is 0 Å². The number of hydrogen-bond donors (Lipinski definition) is 1. The first-order chi connectivity index (χ1) is 13.3. The number of nitrogens with two attached hydrogens (primary N) is 1. The third kappa shape index (κ3) is 4.41. The highest BCUT2D eigenvalue weighted by molar-refractivity contribution is 5.25. The average Bonchev–Trinajstić information content (AvgIpc) is 2.74. The lowest BCUT2D eigenvalue weighted by Gasteiger charge is -2.34. The Hall–Kier alpha value is -2.56. The Bertz CT molecular complexity index is 861. The van der Waals surface area contributed by atoms with Gasteiger partial charge in [0.2, 0.25) is 0 Å². The lowest BCUT2D eigenvalue weighted by Crippen LogP contribution is -2.39. The molecule has 4 heteroatoms. The molecule has 0 aliphatic heterocycles. The Morgan fingerprint density at radius 2 is 1.70 bits per heavy atom. The fourth-order valence-corrected chi connectivity index (χ4v) is 3.87. The summed E-state index contributed by atoms with van der Waals surface area (Å²) in [6.07, 6.45) is 7.05. The van der Waals surface area contributed by atoms with Gasteiger partial charge >= 0.3 is 0 Å². The molecule has 0 radical (unpaired) electrons. The van der Waals surface area contributed by atoms with Crippen LogP contribution in [0.5, 0.6) is 0 Å². The van der Waals surface area contributed by atoms with Crippen molar-refractivity contribution in [3.05, 3.63) is 95.1 Å². The molecular formula is C23H26N4. The molecule has 0 spiro atoms. The summed E-state index contributed by atoms with van der Waals surface area (Å²) in [7, 11) is 0. The smallest absolute Gasteiger partial charge is 0.0544 e. The molecule has 0 saturated heterocycles. The van der Waals surface area contributed by atoms with Crippen molar-refractivity contribution < 1.29 is 0 Å². The van der Waals surface area contributed by atoms with Crippen molar-refractivity contribution in [1.29, 1.82) is 0 Å². The first-order valence-corrected chi connectivity index (χ1v) is 9.66. The molecule has 0 amide bonds. The maximum atomic E-state index is 5.74. The standard InChI is InChI=1S/C23H26N4/c24-15-18-6-8-19(9-7-18)16-27(17-21-5-1-2-12-25-21)22-11-10-20-4-3-13-26-23(20)14-22/h1-9,12-13,22H,10-11,14-17,24H2. The van der Waals surface area contributed by atoms with Gasteiger partial charge in [0.15, 0.2) is 0 Å². The molecule has 2 aromatic heterocycles. The summed E-state index contributed by atoms with van der Waals surface area (Å²) in [5, 5.41) is 0. The van der Waals surface area contributed by atoms with Crippen molar-refractivity contribution in [3.63, 3.8) is 0 Å². The van der Waals surface area contributed by atoms with Gasteiger partial charge in [-0.25, -0.2) is 0 Å². The van der Waals surface area contributed by atoms with Crippen LogP contribution in [0, 0.1) is 0 Å². The van der Waals surface area contributed by atoms with E-state index in [0.717, 1.165) is 38.0 Å². The van der Waals surface area contributed by atoms with Gasteiger partial charge in [-0.2, -0.15) is 0 Å². The topological polar surface area (TPSA) is 55.0 Å². The monoisotopic (exact) mass is 358 g/mol. The third-order valence-corrected chi connectivity index (χ3v) is 5.41. The summed E-state index contributed by atoms with van der Waals surface area (Å²) < 4.78 is 0. The molecule has 1 unspecified atom stereocenters. The predicted molar refractivity (Wildman–Crippen MR) is 108 cm³/mol. The quantitative estimate of drug-likeness (QED) is 0.733. The molecule has 1 aliphatic carbocycles. The second-order valence-electron chi connectivity index (χ2n) is 7.25. The van der Waals surface area contributed by atoms with Crippen LogP contribution in [0.2, 0.25) is 0 Å². The summed E-state index contributed by atoms with van der Waals surface area (Å²) in [6.45, 7) is 2.35. The molecule has 138 valence electrons. The van der Waals surface area contributed by atoms with Crippen LogP contribution >= 0.6 is 0 Å². The highest BCUT2D eigenvalue weighted by Crippen LogP contribution is 2.25. The van der Waals surface area contributed by atoms with Gasteiger partial charge in [0.25, 0.3) is 0 Å². The fraction of sp³-hybridized carbons (Fsp3) is 0.304. The van der Waals surface area contributed by atoms with Crippen LogP contribution in [0.15, 0.2) is 67.0 Å². The van der Waals surface area contributed by atoms with Crippen LogP contribution in [-0.4, -0.2) is 20.9 Å². The zero-order valence-corrected chi connectivity index (χ0v) is 15.6. The van der Waals surface area contributed by atoms with Gasteiger partial charge < -0.3 is 5.73 Å². The van der Waals surface area contributed by atoms with Crippen LogP contribution in [-0.2, 0) is 32.5 Å². The Balaban J connectivity index is 1.55. The molecule has 4 rings (SSSR count). The number of pyridine rings is 2. The summed E-state index contributed by atoms with van der Waals surface area (Å²) in [5.41, 5.74) is 12.0. The van der Waals surface area contributed by atoms with Gasteiger partial charge in [-0.3, -0.25) is 14.9 Å². The van der Waals surface area contributed by atoms with Gasteiger partial charge in [0, 0.05) is 50.2 Å². The normalized spacial score (nSPS) is 16.3. The van der Waals surface area contributed by atoms with E-state index in [1.165, 1.54) is 22.4 Å². The number of rotatable bonds is 6. The van der Waals surface area contributed by atoms with E-state index < -0.39 is 0 Å². The molecular weight excluding hydrogens is 332 g/mol. The molecule has 27 heavy (non-hydrogen) atoms. The molecule has 2 N–H and O–H groups in total. The molecule has 1 aromatic carbocycles. The van der Waals surface area contributed by atoms with Crippen molar-refractivity contribution >= 4 is 0 Å². The van der Waals surface area contributed by atoms with Crippen LogP contribution < -0.4 is 5.73 Å². The third-order valence-electron chi connectivity index (χ3n) is 5.41. The Kier molecular flexibility index (Phi) is 5.56. The van der Waals surface area contributed by atoms with Crippen molar-refractivity contribution in [2.24, 2.45) is 5.73 Å². The molecule has 0 bridgehead atoms. The van der Waals surface area contributed by atoms with Crippen molar-refractivity contribution in [3.8, 4) is 0 Å². The molecule has 1 aliphatic rings. The zero-order chi connectivity index (χ0) is 18.5. The first-order valence-electron chi connectivity index (χ1n) is 9.66. The summed E-state index contributed by atoms with van der Waals surface area (Å²) in [5.74, 6) is 0. The van der Waals surface area contributed by atoms with E-state index in [1.807, 2.05) is 24.5 Å². The van der Waals surface area contributed by atoms with E-state index in [0.29, 0.717) is 12.6 Å². The number of aryl methyl sites for hydroxylation is 1. The number of fused-ring (bicyclic) bond motifs is 1. The highest BCUT2D eigenvalue weighted by Gasteiger charge is 2.25. The fourth-order valence-electron chi connectivity index (χ4n) is 3.87. The van der Waals surface area contributed by atoms with Crippen LogP contribution in [0.25, 0.3) is 0 Å². The Morgan fingerprint density at radius 3 is 2.48 bits per heavy atom. The second-order valence-corrected chi connectivity index (χ2v) is 7.25. The van der Waals surface area contributed by atoms with Crippen molar-refractivity contribution in [1.82, 2.24) is 14.9 Å². The maximum Gasteiger partial charge on any atom is 0.0544 e. The van der Waals surface area contributed by atoms with Gasteiger partial charge in [0.1, 0.15) is 0 Å². The minimum absolute atomic E-state index is 0.476. The van der Waals surface area contributed by atoms with Gasteiger partial charge in [-0.15, -0.1) is 0 Å². The van der Waals surface area contributed by atoms with E-state index in [4.69, 9.17) is 5.73 Å². The second kappa shape index (κ2) is 8.42. The summed E-state index contributed by atoms with van der Waals surface area (Å²) in [4.78, 5) is 11.7. The summed E-state index contributed by atoms with van der Waals surface area (Å²) in [6, 6.07) is 19.5. The van der Waals surface area contributed by atoms with Crippen LogP contribution in [0.4, 0.5) is 0 Å². The largest absolute Gasteiger partial charge is 0.326 e.